The number of nitrogens with one attached hydrogen (secondary N) is 1. The molecule has 100 valence electrons. The van der Waals surface area contributed by atoms with E-state index in [0.717, 1.165) is 23.0 Å². The van der Waals surface area contributed by atoms with E-state index in [-0.39, 0.29) is 11.9 Å². The van der Waals surface area contributed by atoms with Crippen molar-refractivity contribution in [2.45, 2.75) is 19.4 Å². The molecule has 0 aromatic heterocycles. The van der Waals surface area contributed by atoms with Crippen LogP contribution in [0, 0.1) is 5.82 Å². The lowest BCUT2D eigenvalue weighted by atomic mass is 9.98. The lowest BCUT2D eigenvalue weighted by molar-refractivity contribution is 0.591. The molecule has 2 rings (SSSR count). The maximum atomic E-state index is 13.1. The van der Waals surface area contributed by atoms with Gasteiger partial charge in [0.15, 0.2) is 0 Å². The molecule has 0 spiro atoms. The third-order valence-corrected chi connectivity index (χ3v) is 3.74. The fourth-order valence-corrected chi connectivity index (χ4v) is 2.57. The van der Waals surface area contributed by atoms with Crippen molar-refractivity contribution in [1.29, 1.82) is 0 Å². The van der Waals surface area contributed by atoms with E-state index in [1.807, 2.05) is 30.3 Å². The molecule has 0 aliphatic carbocycles. The number of hydrogen-bond acceptors (Lipinski definition) is 1. The monoisotopic (exact) mass is 321 g/mol. The van der Waals surface area contributed by atoms with Gasteiger partial charge in [-0.3, -0.25) is 0 Å². The minimum absolute atomic E-state index is 0.0797. The second kappa shape index (κ2) is 6.83. The van der Waals surface area contributed by atoms with Gasteiger partial charge in [0.05, 0.1) is 6.04 Å². The lowest BCUT2D eigenvalue weighted by Gasteiger charge is -2.21. The Kier molecular flexibility index (Phi) is 5.11. The third-order valence-electron chi connectivity index (χ3n) is 3.02. The standard InChI is InChI=1S/C16H17BrFN/c1-2-11-19-16(12-7-9-13(18)10-8-12)14-5-3-4-6-15(14)17/h3-10,16,19H,2,11H2,1H3. The number of halogens is 2. The van der Waals surface area contributed by atoms with E-state index in [4.69, 9.17) is 0 Å². The first kappa shape index (κ1) is 14.2. The summed E-state index contributed by atoms with van der Waals surface area (Å²) in [5.41, 5.74) is 2.24. The van der Waals surface area contributed by atoms with Gasteiger partial charge in [0.1, 0.15) is 5.82 Å². The average Bonchev–Trinajstić information content (AvgIpc) is 2.43. The van der Waals surface area contributed by atoms with Crippen LogP contribution in [0.5, 0.6) is 0 Å². The molecule has 2 aromatic rings. The quantitative estimate of drug-likeness (QED) is 0.843. The van der Waals surface area contributed by atoms with Crippen molar-refractivity contribution < 1.29 is 4.39 Å². The molecule has 19 heavy (non-hydrogen) atoms. The van der Waals surface area contributed by atoms with Crippen LogP contribution in [0.25, 0.3) is 0 Å². The SMILES string of the molecule is CCCNC(c1ccc(F)cc1)c1ccccc1Br. The molecule has 1 atom stereocenters. The second-order valence-corrected chi connectivity index (χ2v) is 5.31. The van der Waals surface area contributed by atoms with E-state index in [1.54, 1.807) is 0 Å². The zero-order valence-electron chi connectivity index (χ0n) is 10.9. The van der Waals surface area contributed by atoms with Crippen LogP contribution in [0.4, 0.5) is 4.39 Å². The summed E-state index contributed by atoms with van der Waals surface area (Å²) in [6.45, 7) is 3.05. The van der Waals surface area contributed by atoms with Gasteiger partial charge in [0.2, 0.25) is 0 Å². The van der Waals surface area contributed by atoms with Crippen LogP contribution in [0.15, 0.2) is 53.0 Å². The van der Waals surface area contributed by atoms with Gasteiger partial charge < -0.3 is 5.32 Å². The Morgan fingerprint density at radius 3 is 2.42 bits per heavy atom. The third kappa shape index (κ3) is 3.64. The van der Waals surface area contributed by atoms with Crippen molar-refractivity contribution in [2.24, 2.45) is 0 Å². The molecule has 0 saturated carbocycles. The van der Waals surface area contributed by atoms with E-state index in [9.17, 15) is 4.39 Å². The first-order valence-corrected chi connectivity index (χ1v) is 7.25. The van der Waals surface area contributed by atoms with E-state index >= 15 is 0 Å². The number of rotatable bonds is 5. The number of benzene rings is 2. The molecule has 0 fully saturated rings. The summed E-state index contributed by atoms with van der Waals surface area (Å²) >= 11 is 3.59. The van der Waals surface area contributed by atoms with Crippen molar-refractivity contribution in [3.8, 4) is 0 Å². The fraction of sp³-hybridized carbons (Fsp3) is 0.250. The summed E-state index contributed by atoms with van der Waals surface area (Å²) in [5.74, 6) is -0.204. The molecule has 0 aliphatic rings. The topological polar surface area (TPSA) is 12.0 Å². The summed E-state index contributed by atoms with van der Waals surface area (Å²) in [6.07, 6.45) is 1.06. The highest BCUT2D eigenvalue weighted by Gasteiger charge is 2.15. The molecule has 1 N–H and O–H groups in total. The Bertz CT molecular complexity index is 525. The smallest absolute Gasteiger partial charge is 0.123 e. The van der Waals surface area contributed by atoms with E-state index in [1.165, 1.54) is 17.7 Å². The predicted octanol–water partition coefficient (Wildman–Crippen LogP) is 4.68. The molecule has 0 radical (unpaired) electrons. The molecule has 0 amide bonds. The van der Waals surface area contributed by atoms with E-state index in [2.05, 4.69) is 34.2 Å². The van der Waals surface area contributed by atoms with Crippen LogP contribution in [-0.4, -0.2) is 6.54 Å². The van der Waals surface area contributed by atoms with Crippen LogP contribution < -0.4 is 5.32 Å². The van der Waals surface area contributed by atoms with Crippen molar-refractivity contribution >= 4 is 15.9 Å². The van der Waals surface area contributed by atoms with Crippen LogP contribution in [0.2, 0.25) is 0 Å². The molecular weight excluding hydrogens is 305 g/mol. The van der Waals surface area contributed by atoms with Gasteiger partial charge in [-0.05, 0) is 42.3 Å². The first-order chi connectivity index (χ1) is 9.22. The minimum Gasteiger partial charge on any atom is -0.306 e. The van der Waals surface area contributed by atoms with Crippen LogP contribution in [0.3, 0.4) is 0 Å². The predicted molar refractivity (Wildman–Crippen MR) is 80.7 cm³/mol. The van der Waals surface area contributed by atoms with Gasteiger partial charge in [0.25, 0.3) is 0 Å². The lowest BCUT2D eigenvalue weighted by Crippen LogP contribution is -2.23. The highest BCUT2D eigenvalue weighted by atomic mass is 79.9. The molecular formula is C16H17BrFN. The van der Waals surface area contributed by atoms with Gasteiger partial charge in [0, 0.05) is 4.47 Å². The van der Waals surface area contributed by atoms with Gasteiger partial charge >= 0.3 is 0 Å². The normalized spacial score (nSPS) is 12.4. The van der Waals surface area contributed by atoms with Gasteiger partial charge in [-0.2, -0.15) is 0 Å². The molecule has 0 saturated heterocycles. The Balaban J connectivity index is 2.35. The Morgan fingerprint density at radius 1 is 1.11 bits per heavy atom. The maximum absolute atomic E-state index is 13.1. The molecule has 0 bridgehead atoms. The molecule has 1 unspecified atom stereocenters. The summed E-state index contributed by atoms with van der Waals surface area (Å²) in [5, 5.41) is 3.51. The Hall–Kier alpha value is -1.19. The molecule has 2 aromatic carbocycles. The van der Waals surface area contributed by atoms with Gasteiger partial charge in [-0.15, -0.1) is 0 Å². The largest absolute Gasteiger partial charge is 0.306 e. The van der Waals surface area contributed by atoms with E-state index < -0.39 is 0 Å². The van der Waals surface area contributed by atoms with Crippen LogP contribution in [0.1, 0.15) is 30.5 Å². The summed E-state index contributed by atoms with van der Waals surface area (Å²) in [4.78, 5) is 0. The molecule has 0 aliphatic heterocycles. The van der Waals surface area contributed by atoms with Crippen molar-refractivity contribution in [3.63, 3.8) is 0 Å². The average molecular weight is 322 g/mol. The zero-order chi connectivity index (χ0) is 13.7. The first-order valence-electron chi connectivity index (χ1n) is 6.45. The van der Waals surface area contributed by atoms with Gasteiger partial charge in [-0.25, -0.2) is 4.39 Å². The summed E-state index contributed by atoms with van der Waals surface area (Å²) < 4.78 is 14.1. The summed E-state index contributed by atoms with van der Waals surface area (Å²) in [7, 11) is 0. The fourth-order valence-electron chi connectivity index (χ4n) is 2.06. The maximum Gasteiger partial charge on any atom is 0.123 e. The Morgan fingerprint density at radius 2 is 1.79 bits per heavy atom. The highest BCUT2D eigenvalue weighted by Crippen LogP contribution is 2.28. The molecule has 1 nitrogen and oxygen atoms in total. The van der Waals surface area contributed by atoms with Crippen LogP contribution in [-0.2, 0) is 0 Å². The van der Waals surface area contributed by atoms with Crippen LogP contribution >= 0.6 is 15.9 Å². The Labute approximate surface area is 122 Å². The minimum atomic E-state index is -0.204. The highest BCUT2D eigenvalue weighted by molar-refractivity contribution is 9.10. The van der Waals surface area contributed by atoms with Crippen molar-refractivity contribution in [1.82, 2.24) is 5.32 Å². The van der Waals surface area contributed by atoms with Crippen molar-refractivity contribution in [3.05, 3.63) is 69.9 Å². The molecule has 0 heterocycles. The van der Waals surface area contributed by atoms with E-state index in [0.29, 0.717) is 0 Å². The van der Waals surface area contributed by atoms with Crippen molar-refractivity contribution in [2.75, 3.05) is 6.54 Å². The zero-order valence-corrected chi connectivity index (χ0v) is 12.5. The number of hydrogen-bond donors (Lipinski definition) is 1. The van der Waals surface area contributed by atoms with Gasteiger partial charge in [-0.1, -0.05) is 53.2 Å². The second-order valence-electron chi connectivity index (χ2n) is 4.46. The molecule has 3 heteroatoms. The summed E-state index contributed by atoms with van der Waals surface area (Å²) in [6, 6.07) is 14.9.